The minimum Gasteiger partial charge on any atom is -0.395 e. The van der Waals surface area contributed by atoms with Crippen LogP contribution in [0.1, 0.15) is 40.5 Å². The van der Waals surface area contributed by atoms with E-state index in [0.717, 1.165) is 0 Å². The zero-order valence-electron chi connectivity index (χ0n) is 19.0. The van der Waals surface area contributed by atoms with Gasteiger partial charge in [-0.1, -0.05) is 0 Å². The summed E-state index contributed by atoms with van der Waals surface area (Å²) in [6.07, 6.45) is -1.28. The monoisotopic (exact) mass is 440 g/mol. The van der Waals surface area contributed by atoms with Gasteiger partial charge in [-0.3, -0.25) is 20.2 Å². The van der Waals surface area contributed by atoms with Crippen LogP contribution in [0.2, 0.25) is 0 Å². The largest absolute Gasteiger partial charge is 0.395 e. The summed E-state index contributed by atoms with van der Waals surface area (Å²) in [5.74, 6) is 0. The lowest BCUT2D eigenvalue weighted by molar-refractivity contribution is -0.563. The van der Waals surface area contributed by atoms with Crippen LogP contribution in [-0.2, 0) is 0 Å². The Bertz CT molecular complexity index is 461. The van der Waals surface area contributed by atoms with Gasteiger partial charge >= 0.3 is 0 Å². The number of rotatable bonds is 14. The molecule has 0 fully saturated rings. The first-order valence-corrected chi connectivity index (χ1v) is 9.83. The van der Waals surface area contributed by atoms with E-state index in [1.165, 1.54) is 27.7 Å². The first-order chi connectivity index (χ1) is 13.6. The summed E-state index contributed by atoms with van der Waals surface area (Å²) in [7, 11) is 3.50. The zero-order chi connectivity index (χ0) is 24.1. The van der Waals surface area contributed by atoms with Gasteiger partial charge in [-0.15, -0.1) is 0 Å². The molecule has 0 spiro atoms. The van der Waals surface area contributed by atoms with Crippen LogP contribution < -0.4 is 0 Å². The van der Waals surface area contributed by atoms with Gasteiger partial charge in [0.25, 0.3) is 0 Å². The predicted octanol–water partition coefficient (Wildman–Crippen LogP) is -0.566. The molecule has 12 heteroatoms. The van der Waals surface area contributed by atoms with Crippen molar-refractivity contribution in [2.45, 2.75) is 63.8 Å². The van der Waals surface area contributed by atoms with E-state index in [4.69, 9.17) is 10.2 Å². The Kier molecular flexibility index (Phi) is 14.9. The maximum absolute atomic E-state index is 10.6. The minimum absolute atomic E-state index is 0.0157. The molecular weight excluding hydrogens is 400 g/mol. The second-order valence-electron chi connectivity index (χ2n) is 8.83. The van der Waals surface area contributed by atoms with Gasteiger partial charge in [0.1, 0.15) is 0 Å². The highest BCUT2D eigenvalue weighted by Gasteiger charge is 2.34. The van der Waals surface area contributed by atoms with Crippen molar-refractivity contribution < 1.29 is 30.3 Å². The average molecular weight is 441 g/mol. The van der Waals surface area contributed by atoms with Gasteiger partial charge in [-0.25, -0.2) is 0 Å². The summed E-state index contributed by atoms with van der Waals surface area (Å²) in [6, 6.07) is 0. The van der Waals surface area contributed by atoms with E-state index >= 15 is 0 Å². The molecule has 0 aromatic rings. The van der Waals surface area contributed by atoms with Crippen molar-refractivity contribution in [1.82, 2.24) is 9.80 Å². The van der Waals surface area contributed by atoms with Crippen LogP contribution in [0, 0.1) is 20.2 Å². The summed E-state index contributed by atoms with van der Waals surface area (Å²) >= 11 is 0. The fourth-order valence-corrected chi connectivity index (χ4v) is 2.67. The lowest BCUT2D eigenvalue weighted by Gasteiger charge is -2.23. The van der Waals surface area contributed by atoms with Gasteiger partial charge in [0.05, 0.1) is 25.4 Å². The number of hydrogen-bond donors (Lipinski definition) is 4. The smallest absolute Gasteiger partial charge is 0.219 e. The normalized spacial score (nSPS) is 14.3. The Morgan fingerprint density at radius 3 is 1.23 bits per heavy atom. The third-order valence-corrected chi connectivity index (χ3v) is 4.47. The second-order valence-corrected chi connectivity index (χ2v) is 8.83. The van der Waals surface area contributed by atoms with Crippen LogP contribution in [0.3, 0.4) is 0 Å². The van der Waals surface area contributed by atoms with Crippen LogP contribution >= 0.6 is 0 Å². The molecule has 12 nitrogen and oxygen atoms in total. The Morgan fingerprint density at radius 1 is 0.767 bits per heavy atom. The standard InChI is InChI=1S/2C9H20N2O4/c2*1-9(2,11(14)15)6-8(13)7-10(3)4-5-12/h2*8,12-13H,4-7H2,1-3H3. The summed E-state index contributed by atoms with van der Waals surface area (Å²) in [5, 5.41) is 57.7. The van der Waals surface area contributed by atoms with Gasteiger partial charge in [-0.2, -0.15) is 0 Å². The van der Waals surface area contributed by atoms with E-state index in [9.17, 15) is 30.4 Å². The molecule has 2 atom stereocenters. The van der Waals surface area contributed by atoms with Crippen LogP contribution in [0.5, 0.6) is 0 Å². The molecule has 0 bridgehead atoms. The lowest BCUT2D eigenvalue weighted by Crippen LogP contribution is -2.40. The van der Waals surface area contributed by atoms with E-state index in [-0.39, 0.29) is 35.9 Å². The highest BCUT2D eigenvalue weighted by atomic mass is 16.6. The average Bonchev–Trinajstić information content (AvgIpc) is 2.53. The van der Waals surface area contributed by atoms with E-state index < -0.39 is 23.3 Å². The Morgan fingerprint density at radius 2 is 1.03 bits per heavy atom. The molecule has 2 unspecified atom stereocenters. The molecule has 0 rings (SSSR count). The first-order valence-electron chi connectivity index (χ1n) is 9.83. The molecule has 0 saturated heterocycles. The second kappa shape index (κ2) is 14.5. The van der Waals surface area contributed by atoms with Gasteiger partial charge in [0, 0.05) is 76.6 Å². The minimum atomic E-state index is -1.11. The van der Waals surface area contributed by atoms with E-state index in [1.807, 2.05) is 0 Å². The van der Waals surface area contributed by atoms with E-state index in [0.29, 0.717) is 26.2 Å². The zero-order valence-corrected chi connectivity index (χ0v) is 19.0. The molecule has 0 amide bonds. The molecule has 4 N–H and O–H groups in total. The molecule has 0 aliphatic rings. The molecule has 30 heavy (non-hydrogen) atoms. The van der Waals surface area contributed by atoms with Crippen molar-refractivity contribution in [2.24, 2.45) is 0 Å². The van der Waals surface area contributed by atoms with Crippen molar-refractivity contribution in [3.63, 3.8) is 0 Å². The van der Waals surface area contributed by atoms with E-state index in [1.54, 1.807) is 23.9 Å². The molecule has 0 aliphatic carbocycles. The maximum atomic E-state index is 10.6. The number of nitrogens with zero attached hydrogens (tertiary/aromatic N) is 4. The predicted molar refractivity (Wildman–Crippen MR) is 113 cm³/mol. The van der Waals surface area contributed by atoms with Crippen molar-refractivity contribution in [3.8, 4) is 0 Å². The quantitative estimate of drug-likeness (QED) is 0.202. The Hall–Kier alpha value is -1.44. The number of aliphatic hydroxyl groups is 4. The molecule has 0 aliphatic heterocycles. The molecule has 0 heterocycles. The number of aliphatic hydroxyl groups excluding tert-OH is 4. The van der Waals surface area contributed by atoms with Gasteiger partial charge in [0.2, 0.25) is 11.1 Å². The SMILES string of the molecule is CN(CCO)CC(O)CC(C)(C)[N+](=O)[O-].CN(CCO)CC(O)CC(C)(C)[N+](=O)[O-]. The molecule has 0 aromatic heterocycles. The van der Waals surface area contributed by atoms with Crippen LogP contribution in [0.15, 0.2) is 0 Å². The van der Waals surface area contributed by atoms with Gasteiger partial charge < -0.3 is 30.2 Å². The molecular formula is C18H40N4O8. The molecule has 0 aromatic carbocycles. The fraction of sp³-hybridized carbons (Fsp3) is 1.00. The number of nitro groups is 2. The van der Waals surface area contributed by atoms with Crippen molar-refractivity contribution in [1.29, 1.82) is 0 Å². The van der Waals surface area contributed by atoms with E-state index in [2.05, 4.69) is 0 Å². The maximum Gasteiger partial charge on any atom is 0.219 e. The Labute approximate surface area is 178 Å². The highest BCUT2D eigenvalue weighted by molar-refractivity contribution is 4.75. The summed E-state index contributed by atoms with van der Waals surface area (Å²) in [6.45, 7) is 7.56. The lowest BCUT2D eigenvalue weighted by atomic mass is 9.97. The van der Waals surface area contributed by atoms with Crippen molar-refractivity contribution >= 4 is 0 Å². The molecule has 180 valence electrons. The number of likely N-dealkylation sites (N-methyl/N-ethyl adjacent to an activating group) is 2. The first kappa shape index (κ1) is 30.8. The number of hydrogen-bond acceptors (Lipinski definition) is 10. The van der Waals surface area contributed by atoms with Crippen molar-refractivity contribution in [3.05, 3.63) is 20.2 Å². The summed E-state index contributed by atoms with van der Waals surface area (Å²) in [5.41, 5.74) is -2.22. The highest BCUT2D eigenvalue weighted by Crippen LogP contribution is 2.16. The summed E-state index contributed by atoms with van der Waals surface area (Å²) < 4.78 is 0. The van der Waals surface area contributed by atoms with Crippen LogP contribution in [0.4, 0.5) is 0 Å². The van der Waals surface area contributed by atoms with Gasteiger partial charge in [-0.05, 0) is 14.1 Å². The third-order valence-electron chi connectivity index (χ3n) is 4.47. The Balaban J connectivity index is 0. The van der Waals surface area contributed by atoms with Crippen LogP contribution in [0.25, 0.3) is 0 Å². The van der Waals surface area contributed by atoms with Gasteiger partial charge in [0.15, 0.2) is 0 Å². The van der Waals surface area contributed by atoms with Crippen LogP contribution in [-0.4, -0.2) is 117 Å². The van der Waals surface area contributed by atoms with Crippen molar-refractivity contribution in [2.75, 3.05) is 53.5 Å². The molecule has 0 saturated carbocycles. The summed E-state index contributed by atoms with van der Waals surface area (Å²) in [4.78, 5) is 23.9. The fourth-order valence-electron chi connectivity index (χ4n) is 2.67. The third kappa shape index (κ3) is 14.5. The topological polar surface area (TPSA) is 174 Å². The molecule has 0 radical (unpaired) electrons.